The fourth-order valence-electron chi connectivity index (χ4n) is 2.41. The van der Waals surface area contributed by atoms with Gasteiger partial charge in [0.15, 0.2) is 0 Å². The number of carbonyl (C=O) groups excluding carboxylic acids is 1. The maximum Gasteiger partial charge on any atom is 0.317 e. The molecule has 1 aliphatic rings. The van der Waals surface area contributed by atoms with Gasteiger partial charge in [0.25, 0.3) is 0 Å². The van der Waals surface area contributed by atoms with Crippen LogP contribution in [0.5, 0.6) is 0 Å². The van der Waals surface area contributed by atoms with E-state index in [1.54, 1.807) is 0 Å². The van der Waals surface area contributed by atoms with Crippen molar-refractivity contribution in [3.8, 4) is 0 Å². The van der Waals surface area contributed by atoms with Gasteiger partial charge in [-0.25, -0.2) is 4.79 Å². The molecule has 0 aromatic heterocycles. The van der Waals surface area contributed by atoms with Gasteiger partial charge in [0.2, 0.25) is 0 Å². The van der Waals surface area contributed by atoms with Gasteiger partial charge >= 0.3 is 6.03 Å². The molecule has 1 saturated heterocycles. The van der Waals surface area contributed by atoms with Gasteiger partial charge in [-0.1, -0.05) is 19.1 Å². The Kier molecular flexibility index (Phi) is 4.63. The van der Waals surface area contributed by atoms with Crippen LogP contribution in [0.2, 0.25) is 0 Å². The van der Waals surface area contributed by atoms with E-state index in [-0.39, 0.29) is 6.03 Å². The van der Waals surface area contributed by atoms with Gasteiger partial charge in [0, 0.05) is 38.4 Å². The molecule has 5 nitrogen and oxygen atoms in total. The molecule has 1 heterocycles. The lowest BCUT2D eigenvalue weighted by molar-refractivity contribution is 0.217. The molecule has 0 atom stereocenters. The topological polar surface area (TPSA) is 70.4 Å². The highest BCUT2D eigenvalue weighted by molar-refractivity contribution is 5.76. The molecule has 0 saturated carbocycles. The molecule has 1 aromatic carbocycles. The number of benzene rings is 1. The van der Waals surface area contributed by atoms with Crippen LogP contribution in [0.25, 0.3) is 0 Å². The molecule has 2 rings (SSSR count). The largest absolute Gasteiger partial charge is 0.398 e. The van der Waals surface area contributed by atoms with Crippen molar-refractivity contribution in [1.29, 1.82) is 0 Å². The maximum absolute atomic E-state index is 11.4. The lowest BCUT2D eigenvalue weighted by Gasteiger charge is -2.15. The summed E-state index contributed by atoms with van der Waals surface area (Å²) in [4.78, 5) is 13.2. The first kappa shape index (κ1) is 13.7. The summed E-state index contributed by atoms with van der Waals surface area (Å²) in [5, 5.41) is 6.17. The molecule has 5 heteroatoms. The number of carbonyl (C=O) groups is 1. The van der Waals surface area contributed by atoms with Gasteiger partial charge < -0.3 is 21.3 Å². The standard InChI is InChI=1S/C14H22N4O/c1-2-12-11(4-3-5-13(12)15)10-16-6-8-18-9-7-17-14(18)19/h3-5,16H,2,6-10,15H2,1H3,(H,17,19). The summed E-state index contributed by atoms with van der Waals surface area (Å²) < 4.78 is 0. The zero-order valence-electron chi connectivity index (χ0n) is 11.4. The average molecular weight is 262 g/mol. The highest BCUT2D eigenvalue weighted by atomic mass is 16.2. The van der Waals surface area contributed by atoms with Gasteiger partial charge in [-0.3, -0.25) is 0 Å². The smallest absolute Gasteiger partial charge is 0.317 e. The Balaban J connectivity index is 1.79. The van der Waals surface area contributed by atoms with E-state index in [9.17, 15) is 4.79 Å². The first-order valence-electron chi connectivity index (χ1n) is 6.82. The Morgan fingerprint density at radius 3 is 3.00 bits per heavy atom. The van der Waals surface area contributed by atoms with Crippen LogP contribution >= 0.6 is 0 Å². The lowest BCUT2D eigenvalue weighted by Crippen LogP contribution is -2.34. The van der Waals surface area contributed by atoms with Gasteiger partial charge in [-0.2, -0.15) is 0 Å². The van der Waals surface area contributed by atoms with Gasteiger partial charge in [0.1, 0.15) is 0 Å². The van der Waals surface area contributed by atoms with Crippen molar-refractivity contribution < 1.29 is 4.79 Å². The minimum Gasteiger partial charge on any atom is -0.398 e. The quantitative estimate of drug-likeness (QED) is 0.528. The van der Waals surface area contributed by atoms with Crippen LogP contribution in [-0.2, 0) is 13.0 Å². The highest BCUT2D eigenvalue weighted by Gasteiger charge is 2.18. The second-order valence-corrected chi connectivity index (χ2v) is 4.73. The average Bonchev–Trinajstić information content (AvgIpc) is 2.80. The number of anilines is 1. The van der Waals surface area contributed by atoms with Crippen molar-refractivity contribution in [2.24, 2.45) is 0 Å². The number of nitrogens with one attached hydrogen (secondary N) is 2. The van der Waals surface area contributed by atoms with Crippen molar-refractivity contribution in [2.75, 3.05) is 31.9 Å². The molecule has 1 aromatic rings. The Hall–Kier alpha value is -1.75. The summed E-state index contributed by atoms with van der Waals surface area (Å²) in [6, 6.07) is 6.07. The monoisotopic (exact) mass is 262 g/mol. The summed E-state index contributed by atoms with van der Waals surface area (Å²) in [5.41, 5.74) is 9.29. The van der Waals surface area contributed by atoms with Crippen LogP contribution in [0.3, 0.4) is 0 Å². The molecule has 4 N–H and O–H groups in total. The summed E-state index contributed by atoms with van der Waals surface area (Å²) >= 11 is 0. The molecule has 0 aliphatic carbocycles. The Morgan fingerprint density at radius 1 is 1.47 bits per heavy atom. The number of hydrogen-bond donors (Lipinski definition) is 3. The molecule has 0 spiro atoms. The Labute approximate surface area is 114 Å². The fourth-order valence-corrected chi connectivity index (χ4v) is 2.41. The first-order chi connectivity index (χ1) is 9.22. The zero-order valence-corrected chi connectivity index (χ0v) is 11.4. The van der Waals surface area contributed by atoms with Crippen LogP contribution in [0.15, 0.2) is 18.2 Å². The predicted octanol–water partition coefficient (Wildman–Crippen LogP) is 0.946. The predicted molar refractivity (Wildman–Crippen MR) is 76.9 cm³/mol. The summed E-state index contributed by atoms with van der Waals surface area (Å²) in [6.07, 6.45) is 0.943. The van der Waals surface area contributed by atoms with Crippen LogP contribution < -0.4 is 16.4 Å². The number of nitrogens with zero attached hydrogens (tertiary/aromatic N) is 1. The van der Waals surface area contributed by atoms with E-state index >= 15 is 0 Å². The maximum atomic E-state index is 11.4. The van der Waals surface area contributed by atoms with Crippen molar-refractivity contribution in [2.45, 2.75) is 19.9 Å². The SMILES string of the molecule is CCc1c(N)cccc1CNCCN1CCNC1=O. The molecular weight excluding hydrogens is 240 g/mol. The van der Waals surface area contributed by atoms with Gasteiger partial charge in [-0.05, 0) is 23.6 Å². The Bertz CT molecular complexity index is 447. The molecular formula is C14H22N4O. The highest BCUT2D eigenvalue weighted by Crippen LogP contribution is 2.17. The minimum absolute atomic E-state index is 0.0417. The van der Waals surface area contributed by atoms with Crippen molar-refractivity contribution in [1.82, 2.24) is 15.5 Å². The molecule has 104 valence electrons. The molecule has 1 fully saturated rings. The van der Waals surface area contributed by atoms with E-state index in [0.717, 1.165) is 44.8 Å². The molecule has 0 radical (unpaired) electrons. The molecule has 0 unspecified atom stereocenters. The summed E-state index contributed by atoms with van der Waals surface area (Å²) in [5.74, 6) is 0. The second kappa shape index (κ2) is 6.43. The number of amides is 2. The van der Waals surface area contributed by atoms with Crippen LogP contribution in [0.1, 0.15) is 18.1 Å². The number of nitrogens with two attached hydrogens (primary N) is 1. The fraction of sp³-hybridized carbons (Fsp3) is 0.500. The Morgan fingerprint density at radius 2 is 2.32 bits per heavy atom. The third kappa shape index (κ3) is 3.38. The van der Waals surface area contributed by atoms with Crippen molar-refractivity contribution in [3.05, 3.63) is 29.3 Å². The summed E-state index contributed by atoms with van der Waals surface area (Å²) in [6.45, 7) is 6.02. The summed E-state index contributed by atoms with van der Waals surface area (Å²) in [7, 11) is 0. The molecule has 0 bridgehead atoms. The van der Waals surface area contributed by atoms with Crippen LogP contribution in [0.4, 0.5) is 10.5 Å². The van der Waals surface area contributed by atoms with E-state index in [2.05, 4.69) is 23.6 Å². The third-order valence-corrected chi connectivity index (χ3v) is 3.48. The third-order valence-electron chi connectivity index (χ3n) is 3.48. The molecule has 19 heavy (non-hydrogen) atoms. The number of urea groups is 1. The zero-order chi connectivity index (χ0) is 13.7. The van der Waals surface area contributed by atoms with Crippen molar-refractivity contribution in [3.63, 3.8) is 0 Å². The van der Waals surface area contributed by atoms with E-state index < -0.39 is 0 Å². The van der Waals surface area contributed by atoms with Crippen molar-refractivity contribution >= 4 is 11.7 Å². The van der Waals surface area contributed by atoms with E-state index in [1.165, 1.54) is 11.1 Å². The van der Waals surface area contributed by atoms with Crippen LogP contribution in [-0.4, -0.2) is 37.1 Å². The molecule has 1 aliphatic heterocycles. The molecule has 2 amide bonds. The number of rotatable bonds is 6. The van der Waals surface area contributed by atoms with E-state index in [1.807, 2.05) is 17.0 Å². The second-order valence-electron chi connectivity index (χ2n) is 4.73. The minimum atomic E-state index is 0.0417. The van der Waals surface area contributed by atoms with E-state index in [4.69, 9.17) is 5.73 Å². The van der Waals surface area contributed by atoms with E-state index in [0.29, 0.717) is 0 Å². The number of nitrogen functional groups attached to an aromatic ring is 1. The lowest BCUT2D eigenvalue weighted by atomic mass is 10.0. The van der Waals surface area contributed by atoms with Gasteiger partial charge in [0.05, 0.1) is 0 Å². The first-order valence-corrected chi connectivity index (χ1v) is 6.82. The van der Waals surface area contributed by atoms with Gasteiger partial charge in [-0.15, -0.1) is 0 Å². The number of hydrogen-bond acceptors (Lipinski definition) is 3. The normalized spacial score (nSPS) is 14.8. The van der Waals surface area contributed by atoms with Crippen LogP contribution in [0, 0.1) is 0 Å².